The maximum absolute atomic E-state index is 12.3. The summed E-state index contributed by atoms with van der Waals surface area (Å²) in [7, 11) is 0. The van der Waals surface area contributed by atoms with E-state index in [2.05, 4.69) is 25.2 Å². The first-order valence-corrected chi connectivity index (χ1v) is 9.98. The Kier molecular flexibility index (Phi) is 6.19. The summed E-state index contributed by atoms with van der Waals surface area (Å²) in [6, 6.07) is 13.3. The van der Waals surface area contributed by atoms with E-state index in [-0.39, 0.29) is 5.91 Å². The molecule has 1 N–H and O–H groups in total. The number of halogens is 1. The molecule has 0 spiro atoms. The minimum atomic E-state index is -0.0430. The molecular formula is C21H23ClN6O. The van der Waals surface area contributed by atoms with Crippen LogP contribution in [-0.4, -0.2) is 63.2 Å². The van der Waals surface area contributed by atoms with Crippen molar-refractivity contribution in [1.29, 1.82) is 0 Å². The largest absolute Gasteiger partial charge is 0.324 e. The van der Waals surface area contributed by atoms with E-state index in [9.17, 15) is 4.79 Å². The molecule has 0 aliphatic carbocycles. The third kappa shape index (κ3) is 5.00. The van der Waals surface area contributed by atoms with Gasteiger partial charge in [-0.3, -0.25) is 24.3 Å². The third-order valence-electron chi connectivity index (χ3n) is 5.01. The van der Waals surface area contributed by atoms with E-state index in [1.54, 1.807) is 18.5 Å². The van der Waals surface area contributed by atoms with Crippen LogP contribution in [0.1, 0.15) is 0 Å². The fourth-order valence-electron chi connectivity index (χ4n) is 3.45. The van der Waals surface area contributed by atoms with Gasteiger partial charge in [-0.1, -0.05) is 23.7 Å². The molecule has 8 heteroatoms. The van der Waals surface area contributed by atoms with E-state index in [0.29, 0.717) is 17.3 Å². The Hall–Kier alpha value is -2.74. The van der Waals surface area contributed by atoms with Crippen LogP contribution in [0, 0.1) is 0 Å². The number of carbonyl (C=O) groups is 1. The molecule has 4 rings (SSSR count). The predicted molar refractivity (Wildman–Crippen MR) is 114 cm³/mol. The van der Waals surface area contributed by atoms with Gasteiger partial charge in [-0.2, -0.15) is 5.10 Å². The van der Waals surface area contributed by atoms with E-state index in [4.69, 9.17) is 11.6 Å². The molecule has 0 bridgehead atoms. The summed E-state index contributed by atoms with van der Waals surface area (Å²) in [6.07, 6.45) is 5.41. The van der Waals surface area contributed by atoms with E-state index in [1.807, 2.05) is 47.3 Å². The molecule has 1 saturated heterocycles. The molecular weight excluding hydrogens is 388 g/mol. The van der Waals surface area contributed by atoms with Crippen LogP contribution in [0.3, 0.4) is 0 Å². The smallest absolute Gasteiger partial charge is 0.238 e. The molecule has 150 valence electrons. The lowest BCUT2D eigenvalue weighted by Crippen LogP contribution is -2.49. The Balaban J connectivity index is 1.28. The SMILES string of the molecule is O=C(CN1CCN(Cn2nccc2-c2ccncc2)CC1)Nc1ccccc1Cl. The maximum atomic E-state index is 12.3. The topological polar surface area (TPSA) is 66.3 Å². The molecule has 1 amide bonds. The van der Waals surface area contributed by atoms with Crippen LogP contribution >= 0.6 is 11.6 Å². The Morgan fingerprint density at radius 2 is 1.69 bits per heavy atom. The third-order valence-corrected chi connectivity index (χ3v) is 5.34. The molecule has 0 saturated carbocycles. The van der Waals surface area contributed by atoms with Gasteiger partial charge in [0.15, 0.2) is 0 Å². The van der Waals surface area contributed by atoms with E-state index in [1.165, 1.54) is 0 Å². The van der Waals surface area contributed by atoms with Gasteiger partial charge in [0, 0.05) is 50.3 Å². The highest BCUT2D eigenvalue weighted by atomic mass is 35.5. The molecule has 0 radical (unpaired) electrons. The first-order chi connectivity index (χ1) is 14.2. The molecule has 7 nitrogen and oxygen atoms in total. The zero-order valence-electron chi connectivity index (χ0n) is 16.0. The summed E-state index contributed by atoms with van der Waals surface area (Å²) in [4.78, 5) is 20.9. The number of rotatable bonds is 6. The summed E-state index contributed by atoms with van der Waals surface area (Å²) in [5.41, 5.74) is 2.83. The second-order valence-corrected chi connectivity index (χ2v) is 7.42. The lowest BCUT2D eigenvalue weighted by Gasteiger charge is -2.34. The fourth-order valence-corrected chi connectivity index (χ4v) is 3.63. The van der Waals surface area contributed by atoms with Crippen molar-refractivity contribution in [2.24, 2.45) is 0 Å². The van der Waals surface area contributed by atoms with Crippen molar-refractivity contribution in [3.05, 3.63) is 66.1 Å². The van der Waals surface area contributed by atoms with Gasteiger partial charge in [-0.15, -0.1) is 0 Å². The van der Waals surface area contributed by atoms with Crippen LogP contribution in [0.15, 0.2) is 61.1 Å². The lowest BCUT2D eigenvalue weighted by atomic mass is 10.2. The fraction of sp³-hybridized carbons (Fsp3) is 0.286. The molecule has 3 heterocycles. The Morgan fingerprint density at radius 3 is 2.45 bits per heavy atom. The molecule has 3 aromatic rings. The number of aromatic nitrogens is 3. The molecule has 0 atom stereocenters. The van der Waals surface area contributed by atoms with Gasteiger partial charge in [-0.25, -0.2) is 0 Å². The van der Waals surface area contributed by atoms with Crippen molar-refractivity contribution in [2.45, 2.75) is 6.67 Å². The van der Waals surface area contributed by atoms with E-state index < -0.39 is 0 Å². The monoisotopic (exact) mass is 410 g/mol. The highest BCUT2D eigenvalue weighted by Gasteiger charge is 2.20. The van der Waals surface area contributed by atoms with Crippen LogP contribution in [0.2, 0.25) is 5.02 Å². The standard InChI is InChI=1S/C21H23ClN6O/c22-18-3-1-2-4-19(18)25-21(29)15-26-11-13-27(14-12-26)16-28-20(7-10-24-28)17-5-8-23-9-6-17/h1-10H,11-16H2,(H,25,29). The number of nitrogens with one attached hydrogen (secondary N) is 1. The lowest BCUT2D eigenvalue weighted by molar-refractivity contribution is -0.117. The van der Waals surface area contributed by atoms with Gasteiger partial charge < -0.3 is 5.32 Å². The number of pyridine rings is 1. The van der Waals surface area contributed by atoms with Crippen LogP contribution in [0.4, 0.5) is 5.69 Å². The Morgan fingerprint density at radius 1 is 0.966 bits per heavy atom. The summed E-state index contributed by atoms with van der Waals surface area (Å²) >= 11 is 6.11. The van der Waals surface area contributed by atoms with Crippen LogP contribution in [0.5, 0.6) is 0 Å². The number of anilines is 1. The van der Waals surface area contributed by atoms with Gasteiger partial charge in [-0.05, 0) is 30.3 Å². The quantitative estimate of drug-likeness (QED) is 0.676. The van der Waals surface area contributed by atoms with Crippen molar-refractivity contribution in [1.82, 2.24) is 24.6 Å². The number of carbonyl (C=O) groups excluding carboxylic acids is 1. The van der Waals surface area contributed by atoms with Gasteiger partial charge in [0.05, 0.1) is 29.6 Å². The normalized spacial score (nSPS) is 15.3. The van der Waals surface area contributed by atoms with Gasteiger partial charge >= 0.3 is 0 Å². The van der Waals surface area contributed by atoms with Gasteiger partial charge in [0.2, 0.25) is 5.91 Å². The van der Waals surface area contributed by atoms with Crippen molar-refractivity contribution < 1.29 is 4.79 Å². The second kappa shape index (κ2) is 9.17. The average molecular weight is 411 g/mol. The number of hydrogen-bond acceptors (Lipinski definition) is 5. The Labute approximate surface area is 174 Å². The van der Waals surface area contributed by atoms with E-state index in [0.717, 1.165) is 44.1 Å². The van der Waals surface area contributed by atoms with Crippen LogP contribution in [-0.2, 0) is 11.5 Å². The van der Waals surface area contributed by atoms with Crippen molar-refractivity contribution in [3.63, 3.8) is 0 Å². The average Bonchev–Trinajstić information content (AvgIpc) is 3.20. The van der Waals surface area contributed by atoms with Gasteiger partial charge in [0.25, 0.3) is 0 Å². The number of hydrogen-bond donors (Lipinski definition) is 1. The number of nitrogens with zero attached hydrogens (tertiary/aromatic N) is 5. The van der Waals surface area contributed by atoms with Crippen LogP contribution in [0.25, 0.3) is 11.3 Å². The minimum Gasteiger partial charge on any atom is -0.324 e. The second-order valence-electron chi connectivity index (χ2n) is 7.02. The molecule has 2 aromatic heterocycles. The van der Waals surface area contributed by atoms with E-state index >= 15 is 0 Å². The summed E-state index contributed by atoms with van der Waals surface area (Å²) < 4.78 is 2.01. The highest BCUT2D eigenvalue weighted by Crippen LogP contribution is 2.21. The maximum Gasteiger partial charge on any atom is 0.238 e. The van der Waals surface area contributed by atoms with Crippen LogP contribution < -0.4 is 5.32 Å². The summed E-state index contributed by atoms with van der Waals surface area (Å²) in [5.74, 6) is -0.0430. The first kappa shape index (κ1) is 19.6. The number of piperazine rings is 1. The van der Waals surface area contributed by atoms with Crippen molar-refractivity contribution in [2.75, 3.05) is 38.0 Å². The molecule has 1 aromatic carbocycles. The molecule has 29 heavy (non-hydrogen) atoms. The number of benzene rings is 1. The Bertz CT molecular complexity index is 953. The minimum absolute atomic E-state index is 0.0430. The number of para-hydroxylation sites is 1. The summed E-state index contributed by atoms with van der Waals surface area (Å²) in [6.45, 7) is 4.53. The van der Waals surface area contributed by atoms with Gasteiger partial charge in [0.1, 0.15) is 0 Å². The molecule has 1 aliphatic heterocycles. The number of amides is 1. The summed E-state index contributed by atoms with van der Waals surface area (Å²) in [5, 5.41) is 7.91. The predicted octanol–water partition coefficient (Wildman–Crippen LogP) is 2.81. The highest BCUT2D eigenvalue weighted by molar-refractivity contribution is 6.33. The first-order valence-electron chi connectivity index (χ1n) is 9.60. The molecule has 0 unspecified atom stereocenters. The molecule has 1 fully saturated rings. The molecule has 1 aliphatic rings. The van der Waals surface area contributed by atoms with Crippen molar-refractivity contribution in [3.8, 4) is 11.3 Å². The zero-order valence-corrected chi connectivity index (χ0v) is 16.8. The van der Waals surface area contributed by atoms with Crippen molar-refractivity contribution >= 4 is 23.2 Å². The zero-order chi connectivity index (χ0) is 20.1.